The summed E-state index contributed by atoms with van der Waals surface area (Å²) >= 11 is 0. The number of nitrogens with one attached hydrogen (secondary N) is 1. The predicted molar refractivity (Wildman–Crippen MR) is 73.0 cm³/mol. The Morgan fingerprint density at radius 2 is 1.35 bits per heavy atom. The van der Waals surface area contributed by atoms with Crippen LogP contribution in [0.4, 0.5) is 0 Å². The molecule has 1 N–H and O–H groups in total. The van der Waals surface area contributed by atoms with Crippen molar-refractivity contribution < 1.29 is 9.59 Å². The van der Waals surface area contributed by atoms with Crippen LogP contribution in [0.3, 0.4) is 0 Å². The van der Waals surface area contributed by atoms with E-state index >= 15 is 0 Å². The number of carbonyl (C=O) groups excluding carboxylic acids is 2. The highest BCUT2D eigenvalue weighted by Crippen LogP contribution is 2.36. The normalized spacial score (nSPS) is 23.9. The lowest BCUT2D eigenvalue weighted by Crippen LogP contribution is -2.34. The molecule has 1 saturated heterocycles. The van der Waals surface area contributed by atoms with E-state index in [1.54, 1.807) is 24.3 Å². The SMILES string of the molecule is O=C1c2ccccc2C(=O)N1C1NC1c1ccccc1. The van der Waals surface area contributed by atoms with Gasteiger partial charge in [0.1, 0.15) is 6.17 Å². The molecule has 4 rings (SSSR count). The second-order valence-electron chi connectivity index (χ2n) is 5.03. The summed E-state index contributed by atoms with van der Waals surface area (Å²) < 4.78 is 0. The van der Waals surface area contributed by atoms with Gasteiger partial charge in [-0.05, 0) is 17.7 Å². The first-order valence-electron chi connectivity index (χ1n) is 6.55. The summed E-state index contributed by atoms with van der Waals surface area (Å²) in [4.78, 5) is 26.0. The van der Waals surface area contributed by atoms with E-state index in [4.69, 9.17) is 0 Å². The van der Waals surface area contributed by atoms with E-state index in [2.05, 4.69) is 5.32 Å². The Balaban J connectivity index is 1.64. The van der Waals surface area contributed by atoms with Gasteiger partial charge in [0.05, 0.1) is 17.2 Å². The number of fused-ring (bicyclic) bond motifs is 1. The Hall–Kier alpha value is -2.46. The molecule has 2 heterocycles. The molecule has 0 bridgehead atoms. The quantitative estimate of drug-likeness (QED) is 0.666. The number of amides is 2. The first-order valence-corrected chi connectivity index (χ1v) is 6.55. The van der Waals surface area contributed by atoms with Gasteiger partial charge in [0.25, 0.3) is 11.8 Å². The Morgan fingerprint density at radius 1 is 0.800 bits per heavy atom. The lowest BCUT2D eigenvalue weighted by molar-refractivity contribution is 0.0636. The minimum atomic E-state index is -0.232. The van der Waals surface area contributed by atoms with Gasteiger partial charge >= 0.3 is 0 Å². The smallest absolute Gasteiger partial charge is 0.262 e. The van der Waals surface area contributed by atoms with E-state index in [0.717, 1.165) is 5.56 Å². The van der Waals surface area contributed by atoms with Crippen molar-refractivity contribution in [2.45, 2.75) is 12.2 Å². The van der Waals surface area contributed by atoms with Gasteiger partial charge < -0.3 is 0 Å². The standard InChI is InChI=1S/C16H12N2O2/c19-15-11-8-4-5-9-12(11)16(20)18(15)14-13(17-14)10-6-2-1-3-7-10/h1-9,13-14,17H. The first-order chi connectivity index (χ1) is 9.77. The Kier molecular flexibility index (Phi) is 2.28. The topological polar surface area (TPSA) is 59.3 Å². The summed E-state index contributed by atoms with van der Waals surface area (Å²) in [6.45, 7) is 0. The van der Waals surface area contributed by atoms with Gasteiger partial charge in [-0.1, -0.05) is 42.5 Å². The zero-order chi connectivity index (χ0) is 13.7. The second kappa shape index (κ2) is 4.02. The van der Waals surface area contributed by atoms with E-state index in [1.807, 2.05) is 30.3 Å². The Morgan fingerprint density at radius 3 is 1.95 bits per heavy atom. The van der Waals surface area contributed by atoms with Crippen LogP contribution in [-0.2, 0) is 0 Å². The molecular weight excluding hydrogens is 252 g/mol. The summed E-state index contributed by atoms with van der Waals surface area (Å²) in [6.07, 6.45) is -0.232. The van der Waals surface area contributed by atoms with Crippen LogP contribution in [0.25, 0.3) is 0 Å². The molecule has 4 heteroatoms. The first kappa shape index (κ1) is 11.4. The molecule has 2 aliphatic rings. The van der Waals surface area contributed by atoms with Crippen LogP contribution in [0, 0.1) is 0 Å². The minimum Gasteiger partial charge on any atom is -0.285 e. The molecule has 20 heavy (non-hydrogen) atoms. The largest absolute Gasteiger partial charge is 0.285 e. The maximum atomic E-state index is 12.3. The molecular formula is C16H12N2O2. The van der Waals surface area contributed by atoms with Crippen molar-refractivity contribution in [3.63, 3.8) is 0 Å². The molecule has 2 aromatic carbocycles. The number of carbonyl (C=O) groups is 2. The van der Waals surface area contributed by atoms with Crippen molar-refractivity contribution in [2.75, 3.05) is 0 Å². The summed E-state index contributed by atoms with van der Waals surface area (Å²) in [6, 6.07) is 16.9. The molecule has 1 fully saturated rings. The lowest BCUT2D eigenvalue weighted by atomic mass is 10.1. The third kappa shape index (κ3) is 1.52. The van der Waals surface area contributed by atoms with Crippen LogP contribution < -0.4 is 5.32 Å². The number of hydrogen-bond donors (Lipinski definition) is 1. The van der Waals surface area contributed by atoms with Crippen molar-refractivity contribution in [3.8, 4) is 0 Å². The molecule has 0 radical (unpaired) electrons. The molecule has 0 saturated carbocycles. The zero-order valence-corrected chi connectivity index (χ0v) is 10.6. The van der Waals surface area contributed by atoms with Crippen LogP contribution in [0.1, 0.15) is 32.3 Å². The van der Waals surface area contributed by atoms with Crippen molar-refractivity contribution in [3.05, 3.63) is 71.3 Å². The summed E-state index contributed by atoms with van der Waals surface area (Å²) in [7, 11) is 0. The Labute approximate surface area is 116 Å². The number of rotatable bonds is 2. The Bertz CT molecular complexity index is 676. The molecule has 2 amide bonds. The van der Waals surface area contributed by atoms with Gasteiger partial charge in [0.2, 0.25) is 0 Å². The highest BCUT2D eigenvalue weighted by Gasteiger charge is 2.50. The fourth-order valence-electron chi connectivity index (χ4n) is 2.75. The van der Waals surface area contributed by atoms with E-state index in [0.29, 0.717) is 11.1 Å². The highest BCUT2D eigenvalue weighted by atomic mass is 16.2. The van der Waals surface area contributed by atoms with Crippen molar-refractivity contribution in [2.24, 2.45) is 0 Å². The van der Waals surface area contributed by atoms with Crippen LogP contribution >= 0.6 is 0 Å². The maximum absolute atomic E-state index is 12.3. The third-order valence-electron chi connectivity index (χ3n) is 3.82. The maximum Gasteiger partial charge on any atom is 0.262 e. The molecule has 4 nitrogen and oxygen atoms in total. The number of benzene rings is 2. The molecule has 0 aliphatic carbocycles. The van der Waals surface area contributed by atoms with Crippen LogP contribution in [0.5, 0.6) is 0 Å². The lowest BCUT2D eigenvalue weighted by Gasteiger charge is -2.11. The molecule has 98 valence electrons. The minimum absolute atomic E-state index is 0.0402. The average Bonchev–Trinajstić information content (AvgIpc) is 3.24. The number of hydrogen-bond acceptors (Lipinski definition) is 3. The van der Waals surface area contributed by atoms with Gasteiger partial charge in [-0.15, -0.1) is 0 Å². The van der Waals surface area contributed by atoms with Gasteiger partial charge in [-0.3, -0.25) is 19.8 Å². The van der Waals surface area contributed by atoms with Crippen LogP contribution in [0.2, 0.25) is 0 Å². The van der Waals surface area contributed by atoms with Gasteiger partial charge in [0, 0.05) is 0 Å². The zero-order valence-electron chi connectivity index (χ0n) is 10.6. The summed E-state index contributed by atoms with van der Waals surface area (Å²) in [5.74, 6) is -0.414. The molecule has 2 aliphatic heterocycles. The number of imide groups is 1. The van der Waals surface area contributed by atoms with Gasteiger partial charge in [0.15, 0.2) is 0 Å². The number of nitrogens with zero attached hydrogens (tertiary/aromatic N) is 1. The second-order valence-corrected chi connectivity index (χ2v) is 5.03. The van der Waals surface area contributed by atoms with Gasteiger partial charge in [-0.25, -0.2) is 0 Å². The van der Waals surface area contributed by atoms with E-state index < -0.39 is 0 Å². The fourth-order valence-corrected chi connectivity index (χ4v) is 2.75. The van der Waals surface area contributed by atoms with Crippen molar-refractivity contribution >= 4 is 11.8 Å². The van der Waals surface area contributed by atoms with Crippen LogP contribution in [-0.4, -0.2) is 22.9 Å². The predicted octanol–water partition coefficient (Wildman–Crippen LogP) is 1.95. The van der Waals surface area contributed by atoms with E-state index in [-0.39, 0.29) is 24.0 Å². The van der Waals surface area contributed by atoms with Crippen molar-refractivity contribution in [1.29, 1.82) is 0 Å². The molecule has 2 unspecified atom stereocenters. The summed E-state index contributed by atoms with van der Waals surface area (Å²) in [5.41, 5.74) is 2.09. The molecule has 2 aromatic rings. The summed E-state index contributed by atoms with van der Waals surface area (Å²) in [5, 5.41) is 3.21. The molecule has 0 aromatic heterocycles. The molecule has 2 atom stereocenters. The highest BCUT2D eigenvalue weighted by molar-refractivity contribution is 6.21. The molecule has 0 spiro atoms. The van der Waals surface area contributed by atoms with E-state index in [9.17, 15) is 9.59 Å². The van der Waals surface area contributed by atoms with Gasteiger partial charge in [-0.2, -0.15) is 0 Å². The fraction of sp³-hybridized carbons (Fsp3) is 0.125. The third-order valence-corrected chi connectivity index (χ3v) is 3.82. The van der Waals surface area contributed by atoms with Crippen LogP contribution in [0.15, 0.2) is 54.6 Å². The monoisotopic (exact) mass is 264 g/mol. The van der Waals surface area contributed by atoms with E-state index in [1.165, 1.54) is 4.90 Å². The average molecular weight is 264 g/mol. The van der Waals surface area contributed by atoms with Crippen molar-refractivity contribution in [1.82, 2.24) is 10.2 Å².